The van der Waals surface area contributed by atoms with Crippen LogP contribution >= 0.6 is 0 Å². The molecule has 0 aromatic carbocycles. The first-order chi connectivity index (χ1) is 15.6. The van der Waals surface area contributed by atoms with Gasteiger partial charge in [-0.1, -0.05) is 6.08 Å². The van der Waals surface area contributed by atoms with Gasteiger partial charge in [0, 0.05) is 63.3 Å². The van der Waals surface area contributed by atoms with Crippen molar-refractivity contribution in [2.24, 2.45) is 5.92 Å². The first kappa shape index (κ1) is 22.1. The van der Waals surface area contributed by atoms with E-state index in [1.54, 1.807) is 18.5 Å². The van der Waals surface area contributed by atoms with Crippen LogP contribution in [0.3, 0.4) is 0 Å². The van der Waals surface area contributed by atoms with Crippen molar-refractivity contribution >= 4 is 17.4 Å². The lowest BCUT2D eigenvalue weighted by Gasteiger charge is -2.31. The van der Waals surface area contributed by atoms with Crippen LogP contribution in [0.2, 0.25) is 0 Å². The van der Waals surface area contributed by atoms with Gasteiger partial charge in [-0.25, -0.2) is 4.98 Å². The minimum Gasteiger partial charge on any atom is -0.373 e. The van der Waals surface area contributed by atoms with Crippen molar-refractivity contribution in [2.75, 3.05) is 50.5 Å². The first-order valence-electron chi connectivity index (χ1n) is 11.3. The van der Waals surface area contributed by atoms with Gasteiger partial charge in [-0.05, 0) is 56.0 Å². The highest BCUT2D eigenvalue weighted by Gasteiger charge is 2.34. The van der Waals surface area contributed by atoms with Crippen LogP contribution in [0.1, 0.15) is 19.3 Å². The fraction of sp³-hybridized carbons (Fsp3) is 0.458. The number of pyridine rings is 2. The highest BCUT2D eigenvalue weighted by molar-refractivity contribution is 5.88. The average Bonchev–Trinajstić information content (AvgIpc) is 3.51. The number of likely N-dealkylation sites (N-methyl/N-ethyl adjacent to an activating group) is 1. The molecule has 32 heavy (non-hydrogen) atoms. The fourth-order valence-electron chi connectivity index (χ4n) is 4.20. The van der Waals surface area contributed by atoms with E-state index in [2.05, 4.69) is 25.5 Å². The summed E-state index contributed by atoms with van der Waals surface area (Å²) in [5.74, 6) is 1.43. The molecular formula is C24H32N6O2. The number of likely N-dealkylation sites (tertiary alicyclic amines) is 1. The molecule has 3 N–H and O–H groups in total. The summed E-state index contributed by atoms with van der Waals surface area (Å²) in [6.07, 6.45) is 10.3. The van der Waals surface area contributed by atoms with Crippen molar-refractivity contribution in [3.63, 3.8) is 0 Å². The van der Waals surface area contributed by atoms with Crippen molar-refractivity contribution in [3.8, 4) is 11.1 Å². The Labute approximate surface area is 188 Å². The van der Waals surface area contributed by atoms with E-state index in [0.717, 1.165) is 29.9 Å². The summed E-state index contributed by atoms with van der Waals surface area (Å²) in [4.78, 5) is 36.8. The molecule has 1 saturated heterocycles. The second kappa shape index (κ2) is 9.99. The zero-order chi connectivity index (χ0) is 22.5. The first-order valence-corrected chi connectivity index (χ1v) is 11.3. The molecule has 2 aliphatic rings. The lowest BCUT2D eigenvalue weighted by atomic mass is 10.1. The summed E-state index contributed by atoms with van der Waals surface area (Å²) < 4.78 is 0. The van der Waals surface area contributed by atoms with Crippen LogP contribution in [0.15, 0.2) is 47.5 Å². The number of aromatic amines is 1. The number of anilines is 2. The number of hydrogen-bond acceptors (Lipinski definition) is 6. The Bertz CT molecular complexity index is 1030. The van der Waals surface area contributed by atoms with Crippen LogP contribution in [-0.2, 0) is 4.79 Å². The second-order valence-electron chi connectivity index (χ2n) is 8.57. The molecule has 4 rings (SSSR count). The summed E-state index contributed by atoms with van der Waals surface area (Å²) in [5.41, 5.74) is 2.53. The highest BCUT2D eigenvalue weighted by atomic mass is 16.2. The van der Waals surface area contributed by atoms with Gasteiger partial charge in [0.2, 0.25) is 5.91 Å². The Morgan fingerprint density at radius 2 is 2.12 bits per heavy atom. The van der Waals surface area contributed by atoms with Gasteiger partial charge in [-0.3, -0.25) is 9.59 Å². The molecule has 1 saturated carbocycles. The molecule has 0 radical (unpaired) electrons. The van der Waals surface area contributed by atoms with Gasteiger partial charge >= 0.3 is 0 Å². The van der Waals surface area contributed by atoms with Gasteiger partial charge in [0.1, 0.15) is 11.5 Å². The molecule has 1 aliphatic heterocycles. The summed E-state index contributed by atoms with van der Waals surface area (Å²) in [6.45, 7) is 2.87. The maximum absolute atomic E-state index is 12.9. The number of amides is 1. The topological polar surface area (TPSA) is 93.4 Å². The fourth-order valence-corrected chi connectivity index (χ4v) is 4.20. The number of nitrogens with one attached hydrogen (secondary N) is 3. The third-order valence-electron chi connectivity index (χ3n) is 6.19. The standard InChI is InChI=1S/C24H32N6O2/c1-25-9-3-4-23(31)29-11-8-20(16-29)30(15-17-5-6-17)21-12-19(14-28-24(21)32)18-7-10-27-22(13-18)26-2/h3-4,7,10,12-14,17,20,25H,5-6,8-9,11,15-16H2,1-2H3,(H,26,27)(H,28,32)/b4-3+/t20-/m0/s1. The minimum atomic E-state index is -0.0870. The van der Waals surface area contributed by atoms with Gasteiger partial charge in [0.05, 0.1) is 0 Å². The lowest BCUT2D eigenvalue weighted by molar-refractivity contribution is -0.125. The third-order valence-corrected chi connectivity index (χ3v) is 6.19. The summed E-state index contributed by atoms with van der Waals surface area (Å²) in [6, 6.07) is 6.03. The summed E-state index contributed by atoms with van der Waals surface area (Å²) >= 11 is 0. The monoisotopic (exact) mass is 436 g/mol. The van der Waals surface area contributed by atoms with Gasteiger partial charge in [0.15, 0.2) is 0 Å². The van der Waals surface area contributed by atoms with E-state index < -0.39 is 0 Å². The number of hydrogen-bond donors (Lipinski definition) is 3. The number of aromatic nitrogens is 2. The Balaban J connectivity index is 1.58. The molecule has 8 heteroatoms. The van der Waals surface area contributed by atoms with E-state index in [4.69, 9.17) is 0 Å². The van der Waals surface area contributed by atoms with E-state index in [-0.39, 0.29) is 17.5 Å². The molecule has 3 heterocycles. The predicted octanol–water partition coefficient (Wildman–Crippen LogP) is 2.07. The Kier molecular flexibility index (Phi) is 6.90. The molecule has 2 fully saturated rings. The molecule has 170 valence electrons. The third kappa shape index (κ3) is 5.19. The SMILES string of the molecule is CNC/C=C/C(=O)N1CC[C@H](N(CC2CC2)c2cc(-c3ccnc(NC)c3)c[nH]c2=O)C1. The molecule has 2 aromatic heterocycles. The smallest absolute Gasteiger partial charge is 0.271 e. The Hall–Kier alpha value is -3.13. The molecular weight excluding hydrogens is 404 g/mol. The van der Waals surface area contributed by atoms with Crippen LogP contribution in [-0.4, -0.2) is 67.1 Å². The zero-order valence-corrected chi connectivity index (χ0v) is 18.8. The van der Waals surface area contributed by atoms with Crippen molar-refractivity contribution in [1.82, 2.24) is 20.2 Å². The minimum absolute atomic E-state index is 0.0353. The maximum atomic E-state index is 12.9. The zero-order valence-electron chi connectivity index (χ0n) is 18.8. The van der Waals surface area contributed by atoms with Crippen LogP contribution in [0.25, 0.3) is 11.1 Å². The molecule has 1 aliphatic carbocycles. The van der Waals surface area contributed by atoms with Gasteiger partial charge in [-0.2, -0.15) is 0 Å². The molecule has 0 spiro atoms. The van der Waals surface area contributed by atoms with Crippen molar-refractivity contribution in [2.45, 2.75) is 25.3 Å². The van der Waals surface area contributed by atoms with E-state index >= 15 is 0 Å². The number of carbonyl (C=O) groups excluding carboxylic acids is 1. The predicted molar refractivity (Wildman–Crippen MR) is 128 cm³/mol. The highest BCUT2D eigenvalue weighted by Crippen LogP contribution is 2.34. The van der Waals surface area contributed by atoms with Crippen LogP contribution in [0.4, 0.5) is 11.5 Å². The van der Waals surface area contributed by atoms with E-state index in [0.29, 0.717) is 31.2 Å². The molecule has 0 unspecified atom stereocenters. The maximum Gasteiger partial charge on any atom is 0.271 e. The second-order valence-corrected chi connectivity index (χ2v) is 8.57. The Morgan fingerprint density at radius 3 is 2.88 bits per heavy atom. The summed E-state index contributed by atoms with van der Waals surface area (Å²) in [7, 11) is 3.69. The van der Waals surface area contributed by atoms with Crippen LogP contribution in [0, 0.1) is 5.92 Å². The van der Waals surface area contributed by atoms with Gasteiger partial charge < -0.3 is 25.4 Å². The van der Waals surface area contributed by atoms with Crippen molar-refractivity contribution < 1.29 is 4.79 Å². The van der Waals surface area contributed by atoms with E-state index in [1.807, 2.05) is 43.3 Å². The molecule has 8 nitrogen and oxygen atoms in total. The van der Waals surface area contributed by atoms with Gasteiger partial charge in [-0.15, -0.1) is 0 Å². The van der Waals surface area contributed by atoms with Crippen LogP contribution in [0.5, 0.6) is 0 Å². The van der Waals surface area contributed by atoms with Crippen molar-refractivity contribution in [1.29, 1.82) is 0 Å². The van der Waals surface area contributed by atoms with Gasteiger partial charge in [0.25, 0.3) is 5.56 Å². The van der Waals surface area contributed by atoms with Crippen LogP contribution < -0.4 is 21.1 Å². The molecule has 1 atom stereocenters. The Morgan fingerprint density at radius 1 is 1.28 bits per heavy atom. The number of rotatable bonds is 9. The van der Waals surface area contributed by atoms with E-state index in [1.165, 1.54) is 12.8 Å². The number of carbonyl (C=O) groups is 1. The largest absolute Gasteiger partial charge is 0.373 e. The lowest BCUT2D eigenvalue weighted by Crippen LogP contribution is -2.42. The van der Waals surface area contributed by atoms with E-state index in [9.17, 15) is 9.59 Å². The molecule has 0 bridgehead atoms. The normalized spacial score (nSPS) is 18.3. The molecule has 2 aromatic rings. The summed E-state index contributed by atoms with van der Waals surface area (Å²) in [5, 5.41) is 6.07. The number of H-pyrrole nitrogens is 1. The molecule has 1 amide bonds. The average molecular weight is 437 g/mol. The van der Waals surface area contributed by atoms with Crippen molar-refractivity contribution in [3.05, 3.63) is 53.1 Å². The quantitative estimate of drug-likeness (QED) is 0.521. The number of nitrogens with zero attached hydrogens (tertiary/aromatic N) is 3.